The van der Waals surface area contributed by atoms with Gasteiger partial charge in [-0.2, -0.15) is 0 Å². The Hall–Kier alpha value is -2.08. The maximum Gasteiger partial charge on any atom is 0.326 e. The minimum absolute atomic E-state index is 0.00759. The fourth-order valence-corrected chi connectivity index (χ4v) is 4.21. The summed E-state index contributed by atoms with van der Waals surface area (Å²) in [5.41, 5.74) is 2.66. The van der Waals surface area contributed by atoms with E-state index < -0.39 is 0 Å². The second kappa shape index (κ2) is 3.98. The summed E-state index contributed by atoms with van der Waals surface area (Å²) in [7, 11) is 0. The van der Waals surface area contributed by atoms with Crippen LogP contribution in [0.2, 0.25) is 0 Å². The molecule has 5 rings (SSSR count). The van der Waals surface area contributed by atoms with Crippen molar-refractivity contribution in [1.82, 2.24) is 24.8 Å². The largest absolute Gasteiger partial charge is 0.346 e. The normalized spacial score (nSPS) is 28.7. The van der Waals surface area contributed by atoms with Crippen LogP contribution in [-0.4, -0.2) is 31.6 Å². The molecule has 21 heavy (non-hydrogen) atoms. The van der Waals surface area contributed by atoms with Gasteiger partial charge in [0.15, 0.2) is 0 Å². The molecule has 0 saturated carbocycles. The van der Waals surface area contributed by atoms with Gasteiger partial charge in [-0.1, -0.05) is 0 Å². The Labute approximate surface area is 120 Å². The number of nitrogens with zero attached hydrogens (tertiary/aromatic N) is 2. The van der Waals surface area contributed by atoms with Gasteiger partial charge < -0.3 is 15.3 Å². The molecule has 3 atom stereocenters. The maximum atomic E-state index is 12.5. The lowest BCUT2D eigenvalue weighted by Gasteiger charge is -2.29. The van der Waals surface area contributed by atoms with E-state index in [9.17, 15) is 4.79 Å². The maximum absolute atomic E-state index is 12.5. The minimum atomic E-state index is -0.00759. The molecule has 3 N–H and O–H groups in total. The standard InChI is InChI=1S/C15H17N5O/c21-15-19-12-7-17-14-11(3-4-16-14)13(12)20(15)10-5-8-1-2-9(6-10)18-8/h3-4,7-10,18H,1-2,5-6H2,(H,16,17)(H,19,21)/t8-,9+,10-. The molecule has 2 aliphatic rings. The topological polar surface area (TPSA) is 78.5 Å². The predicted octanol–water partition coefficient (Wildman–Crippen LogP) is 1.66. The Morgan fingerprint density at radius 2 is 2.05 bits per heavy atom. The third kappa shape index (κ3) is 1.56. The predicted molar refractivity (Wildman–Crippen MR) is 80.4 cm³/mol. The SMILES string of the molecule is O=c1[nH]c2cnc3[nH]ccc3c2n1[C@@H]1C[C@H]2CC[C@@H](C1)N2. The Morgan fingerprint density at radius 3 is 2.86 bits per heavy atom. The number of hydrogen-bond donors (Lipinski definition) is 3. The number of pyridine rings is 1. The molecule has 6 heteroatoms. The van der Waals surface area contributed by atoms with E-state index in [4.69, 9.17) is 0 Å². The molecule has 0 unspecified atom stereocenters. The third-order valence-electron chi connectivity index (χ3n) is 5.07. The van der Waals surface area contributed by atoms with Gasteiger partial charge in [-0.05, 0) is 31.7 Å². The summed E-state index contributed by atoms with van der Waals surface area (Å²) < 4.78 is 1.97. The molecule has 3 aromatic rings. The van der Waals surface area contributed by atoms with Gasteiger partial charge in [-0.25, -0.2) is 9.78 Å². The molecule has 2 fully saturated rings. The van der Waals surface area contributed by atoms with Crippen LogP contribution in [-0.2, 0) is 0 Å². The van der Waals surface area contributed by atoms with Gasteiger partial charge in [-0.3, -0.25) is 4.57 Å². The molecule has 108 valence electrons. The number of fused-ring (bicyclic) bond motifs is 5. The number of rotatable bonds is 1. The summed E-state index contributed by atoms with van der Waals surface area (Å²) in [6.45, 7) is 0. The van der Waals surface area contributed by atoms with Gasteiger partial charge in [0, 0.05) is 29.7 Å². The summed E-state index contributed by atoms with van der Waals surface area (Å²) in [6.07, 6.45) is 8.18. The van der Waals surface area contributed by atoms with E-state index in [1.54, 1.807) is 6.20 Å². The zero-order valence-corrected chi connectivity index (χ0v) is 11.6. The van der Waals surface area contributed by atoms with Crippen molar-refractivity contribution in [3.05, 3.63) is 28.9 Å². The summed E-state index contributed by atoms with van der Waals surface area (Å²) >= 11 is 0. The monoisotopic (exact) mass is 283 g/mol. The first kappa shape index (κ1) is 11.6. The van der Waals surface area contributed by atoms with Crippen LogP contribution in [0.3, 0.4) is 0 Å². The van der Waals surface area contributed by atoms with Crippen LogP contribution in [0.4, 0.5) is 0 Å². The van der Waals surface area contributed by atoms with Gasteiger partial charge >= 0.3 is 5.69 Å². The summed E-state index contributed by atoms with van der Waals surface area (Å²) in [5, 5.41) is 4.66. The van der Waals surface area contributed by atoms with E-state index in [1.165, 1.54) is 12.8 Å². The van der Waals surface area contributed by atoms with Crippen LogP contribution in [0, 0.1) is 0 Å². The molecule has 0 amide bonds. The average Bonchev–Trinajstić information content (AvgIpc) is 3.14. The molecule has 3 aromatic heterocycles. The lowest BCUT2D eigenvalue weighted by atomic mass is 9.99. The molecule has 5 heterocycles. The van der Waals surface area contributed by atoms with Crippen molar-refractivity contribution < 1.29 is 0 Å². The van der Waals surface area contributed by atoms with Crippen LogP contribution < -0.4 is 11.0 Å². The smallest absolute Gasteiger partial charge is 0.326 e. The number of nitrogens with one attached hydrogen (secondary N) is 3. The molecule has 2 aliphatic heterocycles. The molecular formula is C15H17N5O. The van der Waals surface area contributed by atoms with Crippen molar-refractivity contribution in [3.8, 4) is 0 Å². The first-order chi connectivity index (χ1) is 10.3. The van der Waals surface area contributed by atoms with Crippen LogP contribution in [0.15, 0.2) is 23.3 Å². The Kier molecular flexibility index (Phi) is 2.19. The average molecular weight is 283 g/mol. The number of aromatic amines is 2. The van der Waals surface area contributed by atoms with Gasteiger partial charge in [-0.15, -0.1) is 0 Å². The Morgan fingerprint density at radius 1 is 1.24 bits per heavy atom. The van der Waals surface area contributed by atoms with E-state index in [0.717, 1.165) is 34.9 Å². The molecule has 2 bridgehead atoms. The van der Waals surface area contributed by atoms with E-state index in [-0.39, 0.29) is 11.7 Å². The van der Waals surface area contributed by atoms with Gasteiger partial charge in [0.1, 0.15) is 5.65 Å². The van der Waals surface area contributed by atoms with Crippen LogP contribution in [0.25, 0.3) is 22.1 Å². The zero-order chi connectivity index (χ0) is 14.0. The van der Waals surface area contributed by atoms with E-state index in [0.29, 0.717) is 12.1 Å². The number of piperidine rings is 1. The second-order valence-electron chi connectivity index (χ2n) is 6.32. The summed E-state index contributed by atoms with van der Waals surface area (Å²) in [5.74, 6) is 0. The highest BCUT2D eigenvalue weighted by Crippen LogP contribution is 2.35. The first-order valence-corrected chi connectivity index (χ1v) is 7.62. The van der Waals surface area contributed by atoms with Crippen molar-refractivity contribution in [3.63, 3.8) is 0 Å². The van der Waals surface area contributed by atoms with E-state index >= 15 is 0 Å². The van der Waals surface area contributed by atoms with Crippen LogP contribution >= 0.6 is 0 Å². The molecule has 0 spiro atoms. The molecule has 0 aromatic carbocycles. The number of hydrogen-bond acceptors (Lipinski definition) is 3. The zero-order valence-electron chi connectivity index (χ0n) is 11.6. The molecule has 6 nitrogen and oxygen atoms in total. The highest BCUT2D eigenvalue weighted by atomic mass is 16.1. The highest BCUT2D eigenvalue weighted by molar-refractivity contribution is 6.00. The molecule has 0 aliphatic carbocycles. The van der Waals surface area contributed by atoms with Gasteiger partial charge in [0.2, 0.25) is 0 Å². The molecular weight excluding hydrogens is 266 g/mol. The van der Waals surface area contributed by atoms with E-state index in [2.05, 4.69) is 20.3 Å². The molecule has 0 radical (unpaired) electrons. The fraction of sp³-hybridized carbons (Fsp3) is 0.467. The fourth-order valence-electron chi connectivity index (χ4n) is 4.21. The number of aromatic nitrogens is 4. The Bertz CT molecular complexity index is 876. The third-order valence-corrected chi connectivity index (χ3v) is 5.07. The summed E-state index contributed by atoms with van der Waals surface area (Å²) in [6, 6.07) is 3.42. The first-order valence-electron chi connectivity index (χ1n) is 7.62. The number of imidazole rings is 1. The lowest BCUT2D eigenvalue weighted by molar-refractivity contribution is 0.299. The number of H-pyrrole nitrogens is 2. The van der Waals surface area contributed by atoms with Gasteiger partial charge in [0.25, 0.3) is 0 Å². The van der Waals surface area contributed by atoms with Crippen LogP contribution in [0.5, 0.6) is 0 Å². The van der Waals surface area contributed by atoms with Crippen LogP contribution in [0.1, 0.15) is 31.7 Å². The minimum Gasteiger partial charge on any atom is -0.346 e. The van der Waals surface area contributed by atoms with Crippen molar-refractivity contribution in [2.75, 3.05) is 0 Å². The van der Waals surface area contributed by atoms with Crippen molar-refractivity contribution in [2.45, 2.75) is 43.8 Å². The van der Waals surface area contributed by atoms with Crippen molar-refractivity contribution >= 4 is 22.1 Å². The van der Waals surface area contributed by atoms with E-state index in [1.807, 2.05) is 16.8 Å². The summed E-state index contributed by atoms with van der Waals surface area (Å²) in [4.78, 5) is 22.9. The quantitative estimate of drug-likeness (QED) is 0.635. The second-order valence-corrected chi connectivity index (χ2v) is 6.32. The van der Waals surface area contributed by atoms with Crippen molar-refractivity contribution in [2.24, 2.45) is 0 Å². The van der Waals surface area contributed by atoms with Crippen molar-refractivity contribution in [1.29, 1.82) is 0 Å². The molecule has 2 saturated heterocycles. The lowest BCUT2D eigenvalue weighted by Crippen LogP contribution is -2.40. The van der Waals surface area contributed by atoms with Gasteiger partial charge in [0.05, 0.1) is 17.2 Å². The highest BCUT2D eigenvalue weighted by Gasteiger charge is 2.35. The Balaban J connectivity index is 1.76.